The molecular formula is C22H24ClN5O3S. The van der Waals surface area contributed by atoms with E-state index < -0.39 is 10.0 Å². The van der Waals surface area contributed by atoms with Crippen molar-refractivity contribution < 1.29 is 13.2 Å². The minimum atomic E-state index is -3.17. The van der Waals surface area contributed by atoms with Gasteiger partial charge in [-0.2, -0.15) is 9.57 Å². The monoisotopic (exact) mass is 473 g/mol. The number of hydrogen-bond acceptors (Lipinski definition) is 7. The molecule has 5 rings (SSSR count). The Morgan fingerprint density at radius 3 is 2.53 bits per heavy atom. The van der Waals surface area contributed by atoms with E-state index in [1.54, 1.807) is 22.5 Å². The molecule has 1 aliphatic carbocycles. The van der Waals surface area contributed by atoms with Gasteiger partial charge in [-0.05, 0) is 50.8 Å². The summed E-state index contributed by atoms with van der Waals surface area (Å²) >= 11 is 6.28. The van der Waals surface area contributed by atoms with Crippen molar-refractivity contribution in [2.24, 2.45) is 0 Å². The van der Waals surface area contributed by atoms with Gasteiger partial charge in [0.1, 0.15) is 18.2 Å². The van der Waals surface area contributed by atoms with Crippen LogP contribution in [0, 0.1) is 18.3 Å². The largest absolute Gasteiger partial charge is 0.474 e. The number of rotatable bonds is 6. The summed E-state index contributed by atoms with van der Waals surface area (Å²) in [6.45, 7) is 1.87. The lowest BCUT2D eigenvalue weighted by Gasteiger charge is -2.37. The van der Waals surface area contributed by atoms with E-state index in [1.807, 2.05) is 6.92 Å². The van der Waals surface area contributed by atoms with Gasteiger partial charge in [-0.1, -0.05) is 11.6 Å². The second-order valence-electron chi connectivity index (χ2n) is 8.75. The van der Waals surface area contributed by atoms with Crippen molar-refractivity contribution in [2.45, 2.75) is 68.9 Å². The fourth-order valence-electron chi connectivity index (χ4n) is 4.78. The quantitative estimate of drug-likeness (QED) is 0.677. The van der Waals surface area contributed by atoms with E-state index in [2.05, 4.69) is 21.4 Å². The Balaban J connectivity index is 1.30. The lowest BCUT2D eigenvalue weighted by atomic mass is 10.0. The summed E-state index contributed by atoms with van der Waals surface area (Å²) in [4.78, 5) is 8.63. The summed E-state index contributed by atoms with van der Waals surface area (Å²) < 4.78 is 33.7. The standard InChI is InChI=1S/C22H24ClN5O3S/c1-13-21(27-20-7-2-14(11-24)8-19(20)23)25-12-26-22(13)31-17-9-15-3-4-16(10-17)28(15)32(29,30)18-5-6-18/h2,7-8,12,15-18H,3-6,9-10H2,1H3,(H,25,26,27)/t15-,16+,17?. The Labute approximate surface area is 192 Å². The maximum atomic E-state index is 12.8. The van der Waals surface area contributed by atoms with Gasteiger partial charge in [0.25, 0.3) is 0 Å². The number of ether oxygens (including phenoxy) is 1. The first-order valence-corrected chi connectivity index (χ1v) is 12.7. The van der Waals surface area contributed by atoms with E-state index in [9.17, 15) is 8.42 Å². The van der Waals surface area contributed by atoms with E-state index in [0.29, 0.717) is 40.8 Å². The van der Waals surface area contributed by atoms with Crippen LogP contribution in [0.2, 0.25) is 5.02 Å². The highest BCUT2D eigenvalue weighted by Crippen LogP contribution is 2.43. The van der Waals surface area contributed by atoms with Crippen molar-refractivity contribution in [3.8, 4) is 11.9 Å². The van der Waals surface area contributed by atoms with Crippen molar-refractivity contribution in [3.05, 3.63) is 40.7 Å². The van der Waals surface area contributed by atoms with Crippen molar-refractivity contribution >= 4 is 33.1 Å². The second kappa shape index (κ2) is 8.18. The van der Waals surface area contributed by atoms with Gasteiger partial charge in [0.05, 0.1) is 33.2 Å². The summed E-state index contributed by atoms with van der Waals surface area (Å²) in [6, 6.07) is 7.10. The molecule has 3 fully saturated rings. The Bertz CT molecular complexity index is 1180. The number of piperidine rings is 1. The first kappa shape index (κ1) is 21.4. The number of nitrogens with one attached hydrogen (secondary N) is 1. The molecule has 1 aromatic carbocycles. The zero-order valence-electron chi connectivity index (χ0n) is 17.7. The summed E-state index contributed by atoms with van der Waals surface area (Å²) in [5.74, 6) is 1.05. The lowest BCUT2D eigenvalue weighted by molar-refractivity contribution is 0.0910. The molecule has 2 aliphatic heterocycles. The number of sulfonamides is 1. The van der Waals surface area contributed by atoms with Crippen LogP contribution in [0.1, 0.15) is 49.7 Å². The van der Waals surface area contributed by atoms with Crippen LogP contribution in [0.15, 0.2) is 24.5 Å². The predicted molar refractivity (Wildman–Crippen MR) is 120 cm³/mol. The van der Waals surface area contributed by atoms with E-state index in [4.69, 9.17) is 21.6 Å². The summed E-state index contributed by atoms with van der Waals surface area (Å²) in [5, 5.41) is 12.4. The van der Waals surface area contributed by atoms with Crippen LogP contribution in [0.3, 0.4) is 0 Å². The summed E-state index contributed by atoms with van der Waals surface area (Å²) in [7, 11) is -3.17. The maximum absolute atomic E-state index is 12.8. The Morgan fingerprint density at radius 1 is 1.19 bits per heavy atom. The molecule has 0 amide bonds. The highest BCUT2D eigenvalue weighted by Gasteiger charge is 2.52. The molecule has 0 radical (unpaired) electrons. The molecule has 10 heteroatoms. The predicted octanol–water partition coefficient (Wildman–Crippen LogP) is 3.92. The molecule has 2 saturated heterocycles. The first-order chi connectivity index (χ1) is 15.4. The van der Waals surface area contributed by atoms with Crippen LogP contribution in [0.4, 0.5) is 11.5 Å². The first-order valence-electron chi connectivity index (χ1n) is 10.8. The highest BCUT2D eigenvalue weighted by atomic mass is 35.5. The molecule has 3 heterocycles. The smallest absolute Gasteiger partial charge is 0.221 e. The molecule has 0 spiro atoms. The molecule has 1 unspecified atom stereocenters. The number of benzene rings is 1. The average molecular weight is 474 g/mol. The fourth-order valence-corrected chi connectivity index (χ4v) is 7.30. The Morgan fingerprint density at radius 2 is 1.91 bits per heavy atom. The molecule has 2 aromatic rings. The topological polar surface area (TPSA) is 108 Å². The van der Waals surface area contributed by atoms with E-state index >= 15 is 0 Å². The third-order valence-electron chi connectivity index (χ3n) is 6.53. The van der Waals surface area contributed by atoms with Gasteiger partial charge < -0.3 is 10.1 Å². The molecule has 1 aromatic heterocycles. The van der Waals surface area contributed by atoms with Gasteiger partial charge in [-0.3, -0.25) is 0 Å². The van der Waals surface area contributed by atoms with Crippen LogP contribution < -0.4 is 10.1 Å². The van der Waals surface area contributed by atoms with Crippen LogP contribution >= 0.6 is 11.6 Å². The van der Waals surface area contributed by atoms with Crippen molar-refractivity contribution in [3.63, 3.8) is 0 Å². The van der Waals surface area contributed by atoms with Gasteiger partial charge in [-0.25, -0.2) is 18.4 Å². The molecule has 32 heavy (non-hydrogen) atoms. The van der Waals surface area contributed by atoms with Crippen molar-refractivity contribution in [1.29, 1.82) is 5.26 Å². The van der Waals surface area contributed by atoms with Crippen LogP contribution in [0.5, 0.6) is 5.88 Å². The lowest BCUT2D eigenvalue weighted by Crippen LogP contribution is -2.50. The van der Waals surface area contributed by atoms with E-state index in [1.165, 1.54) is 6.33 Å². The second-order valence-corrected chi connectivity index (χ2v) is 11.3. The van der Waals surface area contributed by atoms with Crippen LogP contribution in [-0.2, 0) is 10.0 Å². The van der Waals surface area contributed by atoms with Gasteiger partial charge in [0.15, 0.2) is 0 Å². The minimum absolute atomic E-state index is 0.0153. The zero-order chi connectivity index (χ0) is 22.5. The molecule has 1 saturated carbocycles. The maximum Gasteiger partial charge on any atom is 0.221 e. The summed E-state index contributed by atoms with van der Waals surface area (Å²) in [6.07, 6.45) is 6.06. The van der Waals surface area contributed by atoms with Gasteiger partial charge in [0, 0.05) is 24.9 Å². The number of nitriles is 1. The summed E-state index contributed by atoms with van der Waals surface area (Å²) in [5.41, 5.74) is 1.86. The molecule has 3 atom stereocenters. The number of hydrogen-bond donors (Lipinski definition) is 1. The minimum Gasteiger partial charge on any atom is -0.474 e. The molecule has 2 bridgehead atoms. The SMILES string of the molecule is Cc1c(Nc2ccc(C#N)cc2Cl)ncnc1OC1C[C@H]2CC[C@@H](C1)N2S(=O)(=O)C1CC1. The molecule has 168 valence electrons. The zero-order valence-corrected chi connectivity index (χ0v) is 19.2. The number of aromatic nitrogens is 2. The third-order valence-corrected chi connectivity index (χ3v) is 9.34. The van der Waals surface area contributed by atoms with Crippen molar-refractivity contribution in [1.82, 2.24) is 14.3 Å². The Hall–Kier alpha value is -2.41. The van der Waals surface area contributed by atoms with Crippen LogP contribution in [0.25, 0.3) is 0 Å². The molecular weight excluding hydrogens is 450 g/mol. The molecule has 8 nitrogen and oxygen atoms in total. The number of anilines is 2. The number of nitrogens with zero attached hydrogens (tertiary/aromatic N) is 4. The fraction of sp³-hybridized carbons (Fsp3) is 0.500. The van der Waals surface area contributed by atoms with E-state index in [-0.39, 0.29) is 23.4 Å². The van der Waals surface area contributed by atoms with Gasteiger partial charge in [-0.15, -0.1) is 0 Å². The van der Waals surface area contributed by atoms with E-state index in [0.717, 1.165) is 31.2 Å². The van der Waals surface area contributed by atoms with Crippen LogP contribution in [-0.4, -0.2) is 46.1 Å². The highest BCUT2D eigenvalue weighted by molar-refractivity contribution is 7.90. The number of fused-ring (bicyclic) bond motifs is 2. The Kier molecular flexibility index (Phi) is 5.48. The number of halogens is 1. The molecule has 1 N–H and O–H groups in total. The normalized spacial score (nSPS) is 25.3. The van der Waals surface area contributed by atoms with Crippen molar-refractivity contribution in [2.75, 3.05) is 5.32 Å². The molecule has 3 aliphatic rings. The van der Waals surface area contributed by atoms with Gasteiger partial charge in [0.2, 0.25) is 15.9 Å². The third kappa shape index (κ3) is 3.91. The average Bonchev–Trinajstić information content (AvgIpc) is 3.58. The van der Waals surface area contributed by atoms with Gasteiger partial charge >= 0.3 is 0 Å².